The van der Waals surface area contributed by atoms with Gasteiger partial charge in [0.25, 0.3) is 0 Å². The Morgan fingerprint density at radius 3 is 2.59 bits per heavy atom. The average molecular weight is 304 g/mol. The smallest absolute Gasteiger partial charge is 0.318 e. The van der Waals surface area contributed by atoms with Crippen molar-refractivity contribution in [3.05, 3.63) is 23.9 Å². The summed E-state index contributed by atoms with van der Waals surface area (Å²) in [7, 11) is 3.35. The van der Waals surface area contributed by atoms with E-state index in [-0.39, 0.29) is 0 Å². The van der Waals surface area contributed by atoms with Crippen molar-refractivity contribution in [3.63, 3.8) is 0 Å². The summed E-state index contributed by atoms with van der Waals surface area (Å²) in [5.74, 6) is 1.44. The fraction of sp³-hybridized carbons (Fsp3) is 0.571. The Morgan fingerprint density at radius 2 is 2.00 bits per heavy atom. The lowest BCUT2D eigenvalue weighted by atomic mass is 9.90. The van der Waals surface area contributed by atoms with Crippen molar-refractivity contribution in [1.82, 2.24) is 24.7 Å². The number of piperidine rings is 1. The number of methoxy groups -OCH3 is 1. The van der Waals surface area contributed by atoms with Gasteiger partial charge in [0, 0.05) is 44.7 Å². The molecule has 3 rings (SSSR count). The highest BCUT2D eigenvalue weighted by Gasteiger charge is 2.38. The molecule has 0 aromatic carbocycles. The summed E-state index contributed by atoms with van der Waals surface area (Å²) >= 11 is 0. The van der Waals surface area contributed by atoms with Crippen LogP contribution in [-0.4, -0.2) is 50.0 Å². The molecule has 1 aliphatic heterocycles. The highest BCUT2D eigenvalue weighted by molar-refractivity contribution is 5.41. The molecule has 1 fully saturated rings. The molecule has 1 aliphatic rings. The van der Waals surface area contributed by atoms with Crippen molar-refractivity contribution in [3.8, 4) is 6.01 Å². The van der Waals surface area contributed by atoms with E-state index in [1.165, 1.54) is 6.33 Å². The van der Waals surface area contributed by atoms with E-state index in [2.05, 4.69) is 25.0 Å². The molecule has 0 radical (unpaired) electrons. The minimum Gasteiger partial charge on any atom is -0.467 e. The van der Waals surface area contributed by atoms with Crippen molar-refractivity contribution < 1.29 is 9.84 Å². The number of hydrogen-bond donors (Lipinski definition) is 1. The maximum Gasteiger partial charge on any atom is 0.318 e. The zero-order valence-electron chi connectivity index (χ0n) is 13.0. The summed E-state index contributed by atoms with van der Waals surface area (Å²) in [4.78, 5) is 14.9. The van der Waals surface area contributed by atoms with Crippen LogP contribution in [0, 0.1) is 6.92 Å². The maximum atomic E-state index is 10.8. The van der Waals surface area contributed by atoms with E-state index in [0.29, 0.717) is 37.8 Å². The first-order valence-electron chi connectivity index (χ1n) is 7.23. The van der Waals surface area contributed by atoms with Gasteiger partial charge in [-0.25, -0.2) is 9.97 Å². The van der Waals surface area contributed by atoms with Gasteiger partial charge in [0.15, 0.2) is 5.82 Å². The topological polar surface area (TPSA) is 89.2 Å². The van der Waals surface area contributed by atoms with Gasteiger partial charge in [0.05, 0.1) is 7.11 Å². The van der Waals surface area contributed by atoms with Crippen molar-refractivity contribution in [2.45, 2.75) is 25.4 Å². The lowest BCUT2D eigenvalue weighted by Gasteiger charge is -2.37. The third-order valence-electron chi connectivity index (χ3n) is 4.04. The Hall–Kier alpha value is -2.22. The van der Waals surface area contributed by atoms with E-state index in [9.17, 15) is 5.11 Å². The van der Waals surface area contributed by atoms with Gasteiger partial charge in [-0.05, 0) is 6.92 Å². The third kappa shape index (κ3) is 2.61. The predicted molar refractivity (Wildman–Crippen MR) is 79.7 cm³/mol. The molecule has 0 unspecified atom stereocenters. The van der Waals surface area contributed by atoms with E-state index in [1.54, 1.807) is 18.8 Å². The van der Waals surface area contributed by atoms with Gasteiger partial charge in [-0.3, -0.25) is 4.68 Å². The predicted octanol–water partition coefficient (Wildman–Crippen LogP) is 0.410. The van der Waals surface area contributed by atoms with E-state index in [4.69, 9.17) is 4.74 Å². The quantitative estimate of drug-likeness (QED) is 0.878. The van der Waals surface area contributed by atoms with Crippen molar-refractivity contribution in [2.75, 3.05) is 25.1 Å². The van der Waals surface area contributed by atoms with Gasteiger partial charge >= 0.3 is 6.01 Å². The Bertz CT molecular complexity index is 663. The first-order chi connectivity index (χ1) is 10.5. The molecule has 118 valence electrons. The molecule has 0 aliphatic carbocycles. The molecule has 1 saturated heterocycles. The van der Waals surface area contributed by atoms with Gasteiger partial charge in [-0.1, -0.05) is 0 Å². The van der Waals surface area contributed by atoms with Crippen LogP contribution in [0.5, 0.6) is 6.01 Å². The number of ether oxygens (including phenoxy) is 1. The van der Waals surface area contributed by atoms with Gasteiger partial charge in [0.2, 0.25) is 0 Å². The monoisotopic (exact) mass is 304 g/mol. The van der Waals surface area contributed by atoms with E-state index in [0.717, 1.165) is 11.5 Å². The largest absolute Gasteiger partial charge is 0.467 e. The number of aryl methyl sites for hydroxylation is 2. The molecule has 0 amide bonds. The molecule has 0 saturated carbocycles. The van der Waals surface area contributed by atoms with E-state index in [1.807, 2.05) is 13.0 Å². The number of rotatable bonds is 3. The zero-order chi connectivity index (χ0) is 15.7. The highest BCUT2D eigenvalue weighted by atomic mass is 16.5. The van der Waals surface area contributed by atoms with Crippen LogP contribution < -0.4 is 9.64 Å². The van der Waals surface area contributed by atoms with Gasteiger partial charge < -0.3 is 14.7 Å². The molecule has 8 heteroatoms. The second-order valence-electron chi connectivity index (χ2n) is 5.58. The number of anilines is 1. The second kappa shape index (κ2) is 5.53. The fourth-order valence-corrected chi connectivity index (χ4v) is 2.83. The first-order valence-corrected chi connectivity index (χ1v) is 7.23. The molecule has 0 spiro atoms. The lowest BCUT2D eigenvalue weighted by Crippen LogP contribution is -2.44. The highest BCUT2D eigenvalue weighted by Crippen LogP contribution is 2.32. The molecule has 8 nitrogen and oxygen atoms in total. The molecule has 2 aromatic heterocycles. The zero-order valence-corrected chi connectivity index (χ0v) is 13.0. The number of hydrogen-bond acceptors (Lipinski definition) is 7. The molecule has 3 heterocycles. The first kappa shape index (κ1) is 14.7. The summed E-state index contributed by atoms with van der Waals surface area (Å²) in [6.45, 7) is 3.28. The molecular weight excluding hydrogens is 284 g/mol. The normalized spacial score (nSPS) is 17.5. The Labute approximate surface area is 128 Å². The van der Waals surface area contributed by atoms with Gasteiger partial charge in [-0.15, -0.1) is 0 Å². The van der Waals surface area contributed by atoms with Crippen LogP contribution in [0.3, 0.4) is 0 Å². The summed E-state index contributed by atoms with van der Waals surface area (Å²) in [6, 6.07) is 2.29. The standard InChI is InChI=1S/C14H20N6O2/c1-10-8-11(18-13(17-10)22-3)20-6-4-14(21,5-7-20)12-15-9-16-19(12)2/h8-9,21H,4-7H2,1-3H3. The van der Waals surface area contributed by atoms with Crippen LogP contribution in [0.15, 0.2) is 12.4 Å². The van der Waals surface area contributed by atoms with Crippen LogP contribution >= 0.6 is 0 Å². The lowest BCUT2D eigenvalue weighted by molar-refractivity contribution is -0.000189. The van der Waals surface area contributed by atoms with Crippen LogP contribution in [0.25, 0.3) is 0 Å². The Morgan fingerprint density at radius 1 is 1.27 bits per heavy atom. The number of nitrogens with zero attached hydrogens (tertiary/aromatic N) is 6. The van der Waals surface area contributed by atoms with Crippen LogP contribution in [0.1, 0.15) is 24.4 Å². The van der Waals surface area contributed by atoms with Crippen LogP contribution in [-0.2, 0) is 12.6 Å². The molecular formula is C14H20N6O2. The van der Waals surface area contributed by atoms with Crippen molar-refractivity contribution >= 4 is 5.82 Å². The molecule has 0 bridgehead atoms. The summed E-state index contributed by atoms with van der Waals surface area (Å²) in [5, 5.41) is 14.9. The molecule has 1 N–H and O–H groups in total. The number of aromatic nitrogens is 5. The Balaban J connectivity index is 1.77. The molecule has 22 heavy (non-hydrogen) atoms. The second-order valence-corrected chi connectivity index (χ2v) is 5.58. The number of aliphatic hydroxyl groups is 1. The molecule has 2 aromatic rings. The fourth-order valence-electron chi connectivity index (χ4n) is 2.83. The average Bonchev–Trinajstić information content (AvgIpc) is 2.94. The van der Waals surface area contributed by atoms with Crippen molar-refractivity contribution in [2.24, 2.45) is 7.05 Å². The molecule has 0 atom stereocenters. The van der Waals surface area contributed by atoms with E-state index < -0.39 is 5.60 Å². The maximum absolute atomic E-state index is 10.8. The SMILES string of the molecule is COc1nc(C)cc(N2CCC(O)(c3ncnn3C)CC2)n1. The minimum atomic E-state index is -0.937. The summed E-state index contributed by atoms with van der Waals surface area (Å²) in [6.07, 6.45) is 2.62. The van der Waals surface area contributed by atoms with Gasteiger partial charge in [-0.2, -0.15) is 10.1 Å². The minimum absolute atomic E-state index is 0.365. The summed E-state index contributed by atoms with van der Waals surface area (Å²) < 4.78 is 6.75. The van der Waals surface area contributed by atoms with Crippen molar-refractivity contribution in [1.29, 1.82) is 0 Å². The Kier molecular flexibility index (Phi) is 3.69. The van der Waals surface area contributed by atoms with Crippen LogP contribution in [0.4, 0.5) is 5.82 Å². The van der Waals surface area contributed by atoms with E-state index >= 15 is 0 Å². The van der Waals surface area contributed by atoms with Crippen LogP contribution in [0.2, 0.25) is 0 Å². The van der Waals surface area contributed by atoms with Gasteiger partial charge in [0.1, 0.15) is 17.7 Å². The third-order valence-corrected chi connectivity index (χ3v) is 4.04. The summed E-state index contributed by atoms with van der Waals surface area (Å²) in [5.41, 5.74) is -0.0792.